The molecular weight excluding hydrogens is 319 g/mol. The van der Waals surface area contributed by atoms with Gasteiger partial charge in [-0.25, -0.2) is 4.39 Å². The Balaban J connectivity index is 1.65. The largest absolute Gasteiger partial charge is 0.335 e. The summed E-state index contributed by atoms with van der Waals surface area (Å²) in [5, 5.41) is 0. The van der Waals surface area contributed by atoms with Crippen LogP contribution in [0.15, 0.2) is 42.5 Å². The highest BCUT2D eigenvalue weighted by atomic mass is 19.1. The van der Waals surface area contributed by atoms with Gasteiger partial charge in [0.25, 0.3) is 11.8 Å². The number of hydrogen-bond donors (Lipinski definition) is 0. The first kappa shape index (κ1) is 17.1. The lowest BCUT2D eigenvalue weighted by molar-refractivity contribution is 0.0535. The molecule has 0 atom stereocenters. The molecule has 0 aliphatic carbocycles. The zero-order valence-electron chi connectivity index (χ0n) is 14.5. The van der Waals surface area contributed by atoms with Crippen molar-refractivity contribution in [2.75, 3.05) is 26.2 Å². The average molecular weight is 340 g/mol. The van der Waals surface area contributed by atoms with Crippen LogP contribution < -0.4 is 0 Å². The van der Waals surface area contributed by atoms with Crippen LogP contribution in [0.25, 0.3) is 0 Å². The lowest BCUT2D eigenvalue weighted by Gasteiger charge is -2.35. The van der Waals surface area contributed by atoms with Gasteiger partial charge in [-0.05, 0) is 43.7 Å². The molecule has 1 saturated heterocycles. The first-order valence-corrected chi connectivity index (χ1v) is 8.37. The third-order valence-electron chi connectivity index (χ3n) is 4.54. The number of rotatable bonds is 2. The lowest BCUT2D eigenvalue weighted by atomic mass is 10.0. The maximum absolute atomic E-state index is 13.3. The van der Waals surface area contributed by atoms with Crippen molar-refractivity contribution in [2.45, 2.75) is 13.8 Å². The number of carbonyl (C=O) groups is 2. The predicted molar refractivity (Wildman–Crippen MR) is 94.1 cm³/mol. The van der Waals surface area contributed by atoms with Gasteiger partial charge in [-0.1, -0.05) is 23.8 Å². The molecule has 1 heterocycles. The van der Waals surface area contributed by atoms with Crippen LogP contribution in [-0.4, -0.2) is 47.8 Å². The molecule has 1 aliphatic heterocycles. The molecule has 0 saturated carbocycles. The fourth-order valence-corrected chi connectivity index (χ4v) is 3.14. The third-order valence-corrected chi connectivity index (χ3v) is 4.54. The fraction of sp³-hybridized carbons (Fsp3) is 0.300. The molecule has 1 aliphatic rings. The quantitative estimate of drug-likeness (QED) is 0.843. The van der Waals surface area contributed by atoms with Gasteiger partial charge in [0.05, 0.1) is 0 Å². The topological polar surface area (TPSA) is 40.6 Å². The summed E-state index contributed by atoms with van der Waals surface area (Å²) in [7, 11) is 0. The number of halogens is 1. The van der Waals surface area contributed by atoms with Gasteiger partial charge in [0, 0.05) is 37.3 Å². The second kappa shape index (κ2) is 7.05. The number of benzene rings is 2. The third kappa shape index (κ3) is 3.71. The van der Waals surface area contributed by atoms with Crippen LogP contribution in [0.5, 0.6) is 0 Å². The van der Waals surface area contributed by atoms with Gasteiger partial charge in [-0.2, -0.15) is 0 Å². The van der Waals surface area contributed by atoms with Gasteiger partial charge >= 0.3 is 0 Å². The minimum absolute atomic E-state index is 0.00430. The van der Waals surface area contributed by atoms with Crippen molar-refractivity contribution in [2.24, 2.45) is 0 Å². The molecule has 0 spiro atoms. The standard InChI is InChI=1S/C20H21FN2O2/c1-14-6-7-18(15(2)12-14)20(25)23-10-8-22(9-11-23)19(24)16-4-3-5-17(21)13-16/h3-7,12-13H,8-11H2,1-2H3. The van der Waals surface area contributed by atoms with E-state index >= 15 is 0 Å². The minimum Gasteiger partial charge on any atom is -0.335 e. The maximum atomic E-state index is 13.3. The molecule has 0 bridgehead atoms. The Morgan fingerprint density at radius 2 is 1.52 bits per heavy atom. The monoisotopic (exact) mass is 340 g/mol. The van der Waals surface area contributed by atoms with Crippen molar-refractivity contribution < 1.29 is 14.0 Å². The Morgan fingerprint density at radius 3 is 2.12 bits per heavy atom. The zero-order valence-corrected chi connectivity index (χ0v) is 14.5. The van der Waals surface area contributed by atoms with Crippen LogP contribution in [0.3, 0.4) is 0 Å². The van der Waals surface area contributed by atoms with Crippen LogP contribution >= 0.6 is 0 Å². The molecule has 25 heavy (non-hydrogen) atoms. The SMILES string of the molecule is Cc1ccc(C(=O)N2CCN(C(=O)c3cccc(F)c3)CC2)c(C)c1. The Hall–Kier alpha value is -2.69. The van der Waals surface area contributed by atoms with Gasteiger partial charge in [0.1, 0.15) is 5.82 Å². The number of hydrogen-bond acceptors (Lipinski definition) is 2. The van der Waals surface area contributed by atoms with E-state index in [1.54, 1.807) is 15.9 Å². The molecule has 2 aromatic carbocycles. The minimum atomic E-state index is -0.422. The van der Waals surface area contributed by atoms with E-state index in [1.807, 2.05) is 32.0 Å². The second-order valence-corrected chi connectivity index (χ2v) is 6.41. The van der Waals surface area contributed by atoms with E-state index in [1.165, 1.54) is 18.2 Å². The Labute approximate surface area is 146 Å². The van der Waals surface area contributed by atoms with Gasteiger partial charge in [-0.15, -0.1) is 0 Å². The van der Waals surface area contributed by atoms with Crippen molar-refractivity contribution in [1.82, 2.24) is 9.80 Å². The van der Waals surface area contributed by atoms with E-state index in [2.05, 4.69) is 0 Å². The van der Waals surface area contributed by atoms with Crippen molar-refractivity contribution in [3.8, 4) is 0 Å². The summed E-state index contributed by atoms with van der Waals surface area (Å²) >= 11 is 0. The maximum Gasteiger partial charge on any atom is 0.254 e. The molecule has 0 N–H and O–H groups in total. The normalized spacial score (nSPS) is 14.5. The zero-order chi connectivity index (χ0) is 18.0. The molecule has 0 aromatic heterocycles. The smallest absolute Gasteiger partial charge is 0.254 e. The lowest BCUT2D eigenvalue weighted by Crippen LogP contribution is -2.50. The van der Waals surface area contributed by atoms with E-state index in [9.17, 15) is 14.0 Å². The van der Waals surface area contributed by atoms with Crippen molar-refractivity contribution in [3.63, 3.8) is 0 Å². The number of carbonyl (C=O) groups excluding carboxylic acids is 2. The Morgan fingerprint density at radius 1 is 0.880 bits per heavy atom. The number of amides is 2. The van der Waals surface area contributed by atoms with Crippen LogP contribution in [0.4, 0.5) is 4.39 Å². The number of piperazine rings is 1. The first-order valence-electron chi connectivity index (χ1n) is 8.37. The van der Waals surface area contributed by atoms with E-state index in [0.717, 1.165) is 11.1 Å². The Bertz CT molecular complexity index is 811. The van der Waals surface area contributed by atoms with E-state index in [-0.39, 0.29) is 11.8 Å². The molecule has 3 rings (SSSR count). The van der Waals surface area contributed by atoms with Crippen LogP contribution in [-0.2, 0) is 0 Å². The molecule has 1 fully saturated rings. The van der Waals surface area contributed by atoms with E-state index < -0.39 is 5.82 Å². The first-order chi connectivity index (χ1) is 12.0. The highest BCUT2D eigenvalue weighted by molar-refractivity contribution is 5.96. The summed E-state index contributed by atoms with van der Waals surface area (Å²) < 4.78 is 13.3. The molecule has 2 aromatic rings. The number of aryl methyl sites for hydroxylation is 2. The van der Waals surface area contributed by atoms with Gasteiger partial charge < -0.3 is 9.80 Å². The van der Waals surface area contributed by atoms with Gasteiger partial charge in [0.15, 0.2) is 0 Å². The summed E-state index contributed by atoms with van der Waals surface area (Å²) in [5.74, 6) is -0.622. The highest BCUT2D eigenvalue weighted by Gasteiger charge is 2.26. The molecular formula is C20H21FN2O2. The predicted octanol–water partition coefficient (Wildman–Crippen LogP) is 3.04. The Kier molecular flexibility index (Phi) is 4.83. The highest BCUT2D eigenvalue weighted by Crippen LogP contribution is 2.16. The molecule has 130 valence electrons. The average Bonchev–Trinajstić information content (AvgIpc) is 2.61. The van der Waals surface area contributed by atoms with Crippen LogP contribution in [0, 0.1) is 19.7 Å². The fourth-order valence-electron chi connectivity index (χ4n) is 3.14. The van der Waals surface area contributed by atoms with Crippen LogP contribution in [0.1, 0.15) is 31.8 Å². The molecule has 5 heteroatoms. The summed E-state index contributed by atoms with van der Waals surface area (Å²) in [5.41, 5.74) is 3.13. The molecule has 0 radical (unpaired) electrons. The van der Waals surface area contributed by atoms with E-state index in [0.29, 0.717) is 37.3 Å². The van der Waals surface area contributed by atoms with Crippen molar-refractivity contribution in [1.29, 1.82) is 0 Å². The summed E-state index contributed by atoms with van der Waals surface area (Å²) in [6, 6.07) is 11.5. The molecule has 2 amide bonds. The van der Waals surface area contributed by atoms with Gasteiger partial charge in [-0.3, -0.25) is 9.59 Å². The number of nitrogens with zero attached hydrogens (tertiary/aromatic N) is 2. The molecule has 4 nitrogen and oxygen atoms in total. The molecule has 0 unspecified atom stereocenters. The van der Waals surface area contributed by atoms with Crippen molar-refractivity contribution >= 4 is 11.8 Å². The summed E-state index contributed by atoms with van der Waals surface area (Å²) in [6.45, 7) is 5.79. The van der Waals surface area contributed by atoms with Gasteiger partial charge in [0.2, 0.25) is 0 Å². The van der Waals surface area contributed by atoms with Crippen LogP contribution in [0.2, 0.25) is 0 Å². The van der Waals surface area contributed by atoms with E-state index in [4.69, 9.17) is 0 Å². The summed E-state index contributed by atoms with van der Waals surface area (Å²) in [4.78, 5) is 28.6. The summed E-state index contributed by atoms with van der Waals surface area (Å²) in [6.07, 6.45) is 0. The second-order valence-electron chi connectivity index (χ2n) is 6.41. The van der Waals surface area contributed by atoms with Crippen molar-refractivity contribution in [3.05, 3.63) is 70.5 Å².